The second-order valence-electron chi connectivity index (χ2n) is 2.23. The molecular formula is C7H6ClN3O. The first-order chi connectivity index (χ1) is 5.81. The Morgan fingerprint density at radius 1 is 1.50 bits per heavy atom. The third-order valence-corrected chi connectivity index (χ3v) is 1.68. The highest BCUT2D eigenvalue weighted by molar-refractivity contribution is 6.28. The minimum atomic E-state index is 0.216. The van der Waals surface area contributed by atoms with Crippen LogP contribution in [0, 0.1) is 0 Å². The topological polar surface area (TPSA) is 51.0 Å². The second-order valence-corrected chi connectivity index (χ2v) is 2.56. The first-order valence-electron chi connectivity index (χ1n) is 3.40. The van der Waals surface area contributed by atoms with E-state index in [-0.39, 0.29) is 5.28 Å². The molecule has 0 atom stereocenters. The summed E-state index contributed by atoms with van der Waals surface area (Å²) in [5.74, 6) is 0.606. The SMILES string of the molecule is CNc1nc(Cl)nc2ccoc12. The van der Waals surface area contributed by atoms with Crippen LogP contribution in [0.25, 0.3) is 11.1 Å². The summed E-state index contributed by atoms with van der Waals surface area (Å²) >= 11 is 5.66. The van der Waals surface area contributed by atoms with Crippen LogP contribution in [0.15, 0.2) is 16.7 Å². The standard InChI is InChI=1S/C7H6ClN3O/c1-9-6-5-4(2-3-12-5)10-7(8)11-6/h2-3H,1H3,(H,9,10,11). The number of anilines is 1. The summed E-state index contributed by atoms with van der Waals surface area (Å²) < 4.78 is 5.15. The Labute approximate surface area is 73.6 Å². The lowest BCUT2D eigenvalue weighted by molar-refractivity contribution is 0.615. The van der Waals surface area contributed by atoms with Crippen molar-refractivity contribution in [2.24, 2.45) is 0 Å². The highest BCUT2D eigenvalue weighted by Crippen LogP contribution is 2.21. The molecule has 2 heterocycles. The molecular weight excluding hydrogens is 178 g/mol. The van der Waals surface area contributed by atoms with E-state index in [0.29, 0.717) is 16.9 Å². The molecule has 0 spiro atoms. The summed E-state index contributed by atoms with van der Waals surface area (Å²) in [6, 6.07) is 1.74. The molecule has 5 heteroatoms. The molecule has 4 nitrogen and oxygen atoms in total. The molecule has 0 aromatic carbocycles. The Bertz CT molecular complexity index is 412. The lowest BCUT2D eigenvalue weighted by Gasteiger charge is -1.98. The summed E-state index contributed by atoms with van der Waals surface area (Å²) in [7, 11) is 1.75. The van der Waals surface area contributed by atoms with Gasteiger partial charge in [0.05, 0.1) is 6.26 Å². The maximum atomic E-state index is 5.66. The van der Waals surface area contributed by atoms with Crippen LogP contribution in [0.2, 0.25) is 5.28 Å². The van der Waals surface area contributed by atoms with Gasteiger partial charge >= 0.3 is 0 Å². The largest absolute Gasteiger partial charge is 0.459 e. The van der Waals surface area contributed by atoms with Crippen LogP contribution >= 0.6 is 11.6 Å². The Balaban J connectivity index is 2.80. The van der Waals surface area contributed by atoms with Crippen LogP contribution in [0.5, 0.6) is 0 Å². The highest BCUT2D eigenvalue weighted by atomic mass is 35.5. The van der Waals surface area contributed by atoms with Crippen LogP contribution in [0.1, 0.15) is 0 Å². The Hall–Kier alpha value is -1.29. The fourth-order valence-corrected chi connectivity index (χ4v) is 1.18. The maximum Gasteiger partial charge on any atom is 0.225 e. The van der Waals surface area contributed by atoms with Gasteiger partial charge in [0.1, 0.15) is 5.52 Å². The number of rotatable bonds is 1. The summed E-state index contributed by atoms with van der Waals surface area (Å²) in [5.41, 5.74) is 1.33. The second kappa shape index (κ2) is 2.64. The lowest BCUT2D eigenvalue weighted by Crippen LogP contribution is -1.94. The molecule has 0 saturated heterocycles. The molecule has 0 amide bonds. The van der Waals surface area contributed by atoms with Crippen molar-refractivity contribution in [3.63, 3.8) is 0 Å². The predicted molar refractivity (Wildman–Crippen MR) is 46.4 cm³/mol. The van der Waals surface area contributed by atoms with Gasteiger partial charge in [-0.25, -0.2) is 4.98 Å². The molecule has 2 rings (SSSR count). The molecule has 0 aliphatic rings. The van der Waals surface area contributed by atoms with Crippen LogP contribution in [-0.2, 0) is 0 Å². The van der Waals surface area contributed by atoms with Crippen LogP contribution in [0.4, 0.5) is 5.82 Å². The van der Waals surface area contributed by atoms with E-state index in [1.54, 1.807) is 19.4 Å². The zero-order chi connectivity index (χ0) is 8.55. The first-order valence-corrected chi connectivity index (χ1v) is 3.77. The minimum absolute atomic E-state index is 0.216. The van der Waals surface area contributed by atoms with Gasteiger partial charge in [0.2, 0.25) is 5.28 Å². The summed E-state index contributed by atoms with van der Waals surface area (Å²) in [5, 5.41) is 3.08. The van der Waals surface area contributed by atoms with E-state index in [1.807, 2.05) is 0 Å². The number of hydrogen-bond donors (Lipinski definition) is 1. The van der Waals surface area contributed by atoms with Crippen molar-refractivity contribution in [3.05, 3.63) is 17.6 Å². The molecule has 0 fully saturated rings. The van der Waals surface area contributed by atoms with E-state index in [9.17, 15) is 0 Å². The average molecular weight is 184 g/mol. The Morgan fingerprint density at radius 3 is 3.08 bits per heavy atom. The molecule has 0 radical (unpaired) electrons. The third-order valence-electron chi connectivity index (χ3n) is 1.51. The van der Waals surface area contributed by atoms with Crippen molar-refractivity contribution in [2.75, 3.05) is 12.4 Å². The number of fused-ring (bicyclic) bond motifs is 1. The maximum absolute atomic E-state index is 5.66. The van der Waals surface area contributed by atoms with E-state index in [4.69, 9.17) is 16.0 Å². The molecule has 2 aromatic heterocycles. The number of halogens is 1. The molecule has 0 aliphatic carbocycles. The van der Waals surface area contributed by atoms with Crippen molar-refractivity contribution >= 4 is 28.5 Å². The van der Waals surface area contributed by atoms with Crippen molar-refractivity contribution in [1.29, 1.82) is 0 Å². The number of aromatic nitrogens is 2. The van der Waals surface area contributed by atoms with E-state index in [1.165, 1.54) is 0 Å². The van der Waals surface area contributed by atoms with Gasteiger partial charge in [-0.1, -0.05) is 0 Å². The quantitative estimate of drug-likeness (QED) is 0.687. The summed E-state index contributed by atoms with van der Waals surface area (Å²) in [6.45, 7) is 0. The highest BCUT2D eigenvalue weighted by Gasteiger charge is 2.06. The number of hydrogen-bond acceptors (Lipinski definition) is 4. The summed E-state index contributed by atoms with van der Waals surface area (Å²) in [6.07, 6.45) is 1.55. The molecule has 2 aromatic rings. The van der Waals surface area contributed by atoms with Gasteiger partial charge in [-0.05, 0) is 11.6 Å². The molecule has 0 bridgehead atoms. The minimum Gasteiger partial charge on any atom is -0.459 e. The van der Waals surface area contributed by atoms with Crippen LogP contribution in [0.3, 0.4) is 0 Å². The predicted octanol–water partition coefficient (Wildman–Crippen LogP) is 1.92. The van der Waals surface area contributed by atoms with E-state index in [0.717, 1.165) is 0 Å². The van der Waals surface area contributed by atoms with Gasteiger partial charge in [-0.3, -0.25) is 0 Å². The fourth-order valence-electron chi connectivity index (χ4n) is 1.00. The zero-order valence-corrected chi connectivity index (χ0v) is 7.09. The first kappa shape index (κ1) is 7.36. The lowest BCUT2D eigenvalue weighted by atomic mass is 10.4. The number of furan rings is 1. The van der Waals surface area contributed by atoms with Gasteiger partial charge in [0.25, 0.3) is 0 Å². The normalized spacial score (nSPS) is 10.5. The average Bonchev–Trinajstić information content (AvgIpc) is 2.50. The summed E-state index contributed by atoms with van der Waals surface area (Å²) in [4.78, 5) is 7.91. The van der Waals surface area contributed by atoms with Crippen LogP contribution in [-0.4, -0.2) is 17.0 Å². The van der Waals surface area contributed by atoms with Gasteiger partial charge in [0.15, 0.2) is 11.4 Å². The van der Waals surface area contributed by atoms with Crippen molar-refractivity contribution in [3.8, 4) is 0 Å². The van der Waals surface area contributed by atoms with Gasteiger partial charge in [0, 0.05) is 13.1 Å². The zero-order valence-electron chi connectivity index (χ0n) is 6.34. The van der Waals surface area contributed by atoms with E-state index in [2.05, 4.69) is 15.3 Å². The fraction of sp³-hybridized carbons (Fsp3) is 0.143. The van der Waals surface area contributed by atoms with Crippen molar-refractivity contribution in [1.82, 2.24) is 9.97 Å². The molecule has 0 unspecified atom stereocenters. The Morgan fingerprint density at radius 2 is 2.33 bits per heavy atom. The van der Waals surface area contributed by atoms with Crippen molar-refractivity contribution < 1.29 is 4.42 Å². The molecule has 0 saturated carbocycles. The Kier molecular flexibility index (Phi) is 1.62. The monoisotopic (exact) mass is 183 g/mol. The molecule has 12 heavy (non-hydrogen) atoms. The number of nitrogens with zero attached hydrogens (tertiary/aromatic N) is 2. The van der Waals surface area contributed by atoms with Gasteiger partial charge in [-0.15, -0.1) is 0 Å². The molecule has 1 N–H and O–H groups in total. The molecule has 62 valence electrons. The third kappa shape index (κ3) is 1.00. The van der Waals surface area contributed by atoms with E-state index < -0.39 is 0 Å². The van der Waals surface area contributed by atoms with Gasteiger partial charge in [-0.2, -0.15) is 4.98 Å². The number of nitrogens with one attached hydrogen (secondary N) is 1. The molecule has 0 aliphatic heterocycles. The van der Waals surface area contributed by atoms with E-state index >= 15 is 0 Å². The van der Waals surface area contributed by atoms with Crippen molar-refractivity contribution in [2.45, 2.75) is 0 Å². The smallest absolute Gasteiger partial charge is 0.225 e. The van der Waals surface area contributed by atoms with Gasteiger partial charge < -0.3 is 9.73 Å². The van der Waals surface area contributed by atoms with Crippen LogP contribution < -0.4 is 5.32 Å².